The highest BCUT2D eigenvalue weighted by Crippen LogP contribution is 2.39. The molecule has 0 aromatic rings. The number of fused-ring (bicyclic) bond motifs is 1. The molecule has 2 aliphatic heterocycles. The van der Waals surface area contributed by atoms with Gasteiger partial charge in [0.05, 0.1) is 11.8 Å². The molecule has 0 radical (unpaired) electrons. The van der Waals surface area contributed by atoms with Crippen LogP contribution in [0.2, 0.25) is 0 Å². The Hall–Kier alpha value is -0.870. The summed E-state index contributed by atoms with van der Waals surface area (Å²) < 4.78 is 0. The number of carbonyl (C=O) groups excluding carboxylic acids is 2. The highest BCUT2D eigenvalue weighted by molar-refractivity contribution is 6.30. The maximum Gasteiger partial charge on any atom is 0.248 e. The van der Waals surface area contributed by atoms with Gasteiger partial charge in [-0.2, -0.15) is 0 Å². The predicted octanol–water partition coefficient (Wildman–Crippen LogP) is 1.91. The zero-order valence-electron chi connectivity index (χ0n) is 10.3. The van der Waals surface area contributed by atoms with Crippen LogP contribution in [-0.2, 0) is 9.59 Å². The zero-order chi connectivity index (χ0) is 12.7. The molecule has 2 atom stereocenters. The Morgan fingerprint density at radius 3 is 2.44 bits per heavy atom. The molecule has 18 heavy (non-hydrogen) atoms. The summed E-state index contributed by atoms with van der Waals surface area (Å²) in [5.41, 5.74) is 0. The Kier molecular flexibility index (Phi) is 3.16. The number of allylic oxidation sites excluding steroid dienone is 2. The molecule has 2 saturated heterocycles. The Bertz CT molecular complexity index is 415. The van der Waals surface area contributed by atoms with Crippen LogP contribution in [0.25, 0.3) is 0 Å². The van der Waals surface area contributed by atoms with E-state index < -0.39 is 0 Å². The lowest BCUT2D eigenvalue weighted by Crippen LogP contribution is -2.49. The van der Waals surface area contributed by atoms with Gasteiger partial charge in [0.2, 0.25) is 11.8 Å². The van der Waals surface area contributed by atoms with Gasteiger partial charge in [-0.05, 0) is 25.7 Å². The minimum absolute atomic E-state index is 0.0210. The maximum atomic E-state index is 12.4. The zero-order valence-corrected chi connectivity index (χ0v) is 11.0. The molecular formula is C13H17ClN2O2. The van der Waals surface area contributed by atoms with Gasteiger partial charge in [-0.15, -0.1) is 0 Å². The van der Waals surface area contributed by atoms with E-state index in [4.69, 9.17) is 11.6 Å². The minimum Gasteiger partial charge on any atom is -0.273 e. The summed E-state index contributed by atoms with van der Waals surface area (Å²) in [5, 5.41) is 4.07. The van der Waals surface area contributed by atoms with E-state index >= 15 is 0 Å². The van der Waals surface area contributed by atoms with E-state index in [1.165, 1.54) is 11.4 Å². The standard InChI is InChI=1S/C13H17ClN2O2/c14-9-4-5-10-11(8-9)13(18)16(12(10)17)15-6-2-1-3-7-15/h4,10-11H,1-3,5-8H2/t10-,11+/m0/s1. The summed E-state index contributed by atoms with van der Waals surface area (Å²) >= 11 is 6.00. The lowest BCUT2D eigenvalue weighted by Gasteiger charge is -2.33. The molecule has 98 valence electrons. The van der Waals surface area contributed by atoms with E-state index in [1.54, 1.807) is 0 Å². The molecule has 0 bridgehead atoms. The third-order valence-electron chi connectivity index (χ3n) is 4.16. The molecule has 0 N–H and O–H groups in total. The molecule has 2 heterocycles. The summed E-state index contributed by atoms with van der Waals surface area (Å²) in [6.45, 7) is 1.64. The number of carbonyl (C=O) groups is 2. The maximum absolute atomic E-state index is 12.4. The Labute approximate surface area is 112 Å². The van der Waals surface area contributed by atoms with Crippen LogP contribution in [-0.4, -0.2) is 34.9 Å². The molecule has 0 saturated carbocycles. The third-order valence-corrected chi connectivity index (χ3v) is 4.47. The fraction of sp³-hybridized carbons (Fsp3) is 0.692. The van der Waals surface area contributed by atoms with E-state index in [-0.39, 0.29) is 23.7 Å². The van der Waals surface area contributed by atoms with Crippen LogP contribution in [0.1, 0.15) is 32.1 Å². The molecule has 3 aliphatic rings. The van der Waals surface area contributed by atoms with Gasteiger partial charge in [-0.25, -0.2) is 10.0 Å². The smallest absolute Gasteiger partial charge is 0.248 e. The monoisotopic (exact) mass is 268 g/mol. The largest absolute Gasteiger partial charge is 0.273 e. The number of amides is 2. The first-order valence-electron chi connectivity index (χ1n) is 6.65. The van der Waals surface area contributed by atoms with Crippen LogP contribution < -0.4 is 0 Å². The van der Waals surface area contributed by atoms with Crippen molar-refractivity contribution in [2.24, 2.45) is 11.8 Å². The van der Waals surface area contributed by atoms with Crippen molar-refractivity contribution in [1.82, 2.24) is 10.0 Å². The van der Waals surface area contributed by atoms with Gasteiger partial charge in [-0.1, -0.05) is 24.1 Å². The quantitative estimate of drug-likeness (QED) is 0.682. The average molecular weight is 269 g/mol. The van der Waals surface area contributed by atoms with E-state index in [0.29, 0.717) is 12.8 Å². The first-order valence-corrected chi connectivity index (χ1v) is 7.03. The molecule has 0 spiro atoms. The van der Waals surface area contributed by atoms with Crippen LogP contribution in [0, 0.1) is 11.8 Å². The van der Waals surface area contributed by atoms with E-state index in [9.17, 15) is 9.59 Å². The molecular weight excluding hydrogens is 252 g/mol. The SMILES string of the molecule is O=C1[C@H]2CC=C(Cl)C[C@H]2C(=O)N1N1CCCCC1. The number of rotatable bonds is 1. The second-order valence-corrected chi connectivity index (χ2v) is 5.79. The Morgan fingerprint density at radius 1 is 1.06 bits per heavy atom. The van der Waals surface area contributed by atoms with Gasteiger partial charge in [0.15, 0.2) is 0 Å². The van der Waals surface area contributed by atoms with Crippen molar-refractivity contribution in [3.05, 3.63) is 11.1 Å². The normalized spacial score (nSPS) is 33.6. The molecule has 4 nitrogen and oxygen atoms in total. The number of hydrogen-bond acceptors (Lipinski definition) is 3. The van der Waals surface area contributed by atoms with Gasteiger partial charge in [0, 0.05) is 18.1 Å². The summed E-state index contributed by atoms with van der Waals surface area (Å²) in [4.78, 5) is 24.7. The summed E-state index contributed by atoms with van der Waals surface area (Å²) in [7, 11) is 0. The fourth-order valence-electron chi connectivity index (χ4n) is 3.17. The van der Waals surface area contributed by atoms with Gasteiger partial charge < -0.3 is 0 Å². The van der Waals surface area contributed by atoms with Crippen LogP contribution >= 0.6 is 11.6 Å². The lowest BCUT2D eigenvalue weighted by atomic mass is 9.85. The highest BCUT2D eigenvalue weighted by Gasteiger charge is 2.50. The van der Waals surface area contributed by atoms with Gasteiger partial charge in [0.1, 0.15) is 0 Å². The average Bonchev–Trinajstić information content (AvgIpc) is 2.63. The summed E-state index contributed by atoms with van der Waals surface area (Å²) in [6.07, 6.45) is 6.33. The van der Waals surface area contributed by atoms with Crippen molar-refractivity contribution in [2.45, 2.75) is 32.1 Å². The van der Waals surface area contributed by atoms with E-state index in [1.807, 2.05) is 11.1 Å². The van der Waals surface area contributed by atoms with Gasteiger partial charge in [-0.3, -0.25) is 9.59 Å². The number of hydrogen-bond donors (Lipinski definition) is 0. The van der Waals surface area contributed by atoms with Crippen molar-refractivity contribution < 1.29 is 9.59 Å². The van der Waals surface area contributed by atoms with E-state index in [0.717, 1.165) is 31.0 Å². The van der Waals surface area contributed by atoms with Gasteiger partial charge >= 0.3 is 0 Å². The Morgan fingerprint density at radius 2 is 1.72 bits per heavy atom. The highest BCUT2D eigenvalue weighted by atomic mass is 35.5. The molecule has 0 aromatic carbocycles. The van der Waals surface area contributed by atoms with Crippen molar-refractivity contribution in [3.63, 3.8) is 0 Å². The topological polar surface area (TPSA) is 40.6 Å². The Balaban J connectivity index is 1.81. The first kappa shape index (κ1) is 12.2. The van der Waals surface area contributed by atoms with Crippen molar-refractivity contribution in [1.29, 1.82) is 0 Å². The summed E-state index contributed by atoms with van der Waals surface area (Å²) in [5.74, 6) is -0.468. The van der Waals surface area contributed by atoms with Crippen LogP contribution in [0.4, 0.5) is 0 Å². The van der Waals surface area contributed by atoms with Crippen molar-refractivity contribution in [2.75, 3.05) is 13.1 Å². The summed E-state index contributed by atoms with van der Waals surface area (Å²) in [6, 6.07) is 0. The lowest BCUT2D eigenvalue weighted by molar-refractivity contribution is -0.160. The van der Waals surface area contributed by atoms with Crippen LogP contribution in [0.5, 0.6) is 0 Å². The first-order chi connectivity index (χ1) is 8.68. The number of piperidine rings is 1. The second kappa shape index (κ2) is 4.67. The van der Waals surface area contributed by atoms with Crippen molar-refractivity contribution >= 4 is 23.4 Å². The number of nitrogens with zero attached hydrogens (tertiary/aromatic N) is 2. The van der Waals surface area contributed by atoms with Gasteiger partial charge in [0.25, 0.3) is 0 Å². The van der Waals surface area contributed by atoms with Crippen LogP contribution in [0.15, 0.2) is 11.1 Å². The molecule has 1 aliphatic carbocycles. The van der Waals surface area contributed by atoms with Crippen LogP contribution in [0.3, 0.4) is 0 Å². The fourth-order valence-corrected chi connectivity index (χ4v) is 3.42. The minimum atomic E-state index is -0.225. The number of halogens is 1. The second-order valence-electron chi connectivity index (χ2n) is 5.31. The molecule has 2 fully saturated rings. The molecule has 0 unspecified atom stereocenters. The number of imide groups is 1. The molecule has 0 aromatic heterocycles. The number of hydrazine groups is 1. The van der Waals surface area contributed by atoms with E-state index in [2.05, 4.69) is 0 Å². The predicted molar refractivity (Wildman–Crippen MR) is 67.4 cm³/mol. The molecule has 3 rings (SSSR count). The third kappa shape index (κ3) is 1.88. The van der Waals surface area contributed by atoms with Crippen molar-refractivity contribution in [3.8, 4) is 0 Å². The molecule has 5 heteroatoms. The molecule has 2 amide bonds.